The van der Waals surface area contributed by atoms with E-state index in [0.717, 1.165) is 12.4 Å². The second kappa shape index (κ2) is 5.13. The summed E-state index contributed by atoms with van der Waals surface area (Å²) in [7, 11) is 0. The Morgan fingerprint density at radius 3 is 3.24 bits per heavy atom. The average Bonchev–Trinajstić information content (AvgIpc) is 2.39. The van der Waals surface area contributed by atoms with Crippen LogP contribution in [0.25, 0.3) is 0 Å². The molecule has 2 atom stereocenters. The number of morpholine rings is 1. The van der Waals surface area contributed by atoms with Crippen LogP contribution in [0.3, 0.4) is 0 Å². The van der Waals surface area contributed by atoms with E-state index in [9.17, 15) is 0 Å². The fourth-order valence-electron chi connectivity index (χ4n) is 1.92. The van der Waals surface area contributed by atoms with Gasteiger partial charge in [0.2, 0.25) is 0 Å². The van der Waals surface area contributed by atoms with Crippen LogP contribution in [0.1, 0.15) is 12.5 Å². The number of hydrogen-bond donors (Lipinski definition) is 1. The third-order valence-electron chi connectivity index (χ3n) is 2.89. The predicted octanol–water partition coefficient (Wildman–Crippen LogP) is 0.506. The van der Waals surface area contributed by atoms with Crippen LogP contribution in [0.5, 0.6) is 0 Å². The van der Waals surface area contributed by atoms with Crippen molar-refractivity contribution in [3.63, 3.8) is 0 Å². The van der Waals surface area contributed by atoms with Crippen LogP contribution < -0.4 is 10.6 Å². The highest BCUT2D eigenvalue weighted by molar-refractivity contribution is 5.53. The Balaban J connectivity index is 2.19. The van der Waals surface area contributed by atoms with Gasteiger partial charge in [-0.15, -0.1) is 0 Å². The van der Waals surface area contributed by atoms with Gasteiger partial charge >= 0.3 is 0 Å². The van der Waals surface area contributed by atoms with E-state index in [1.54, 1.807) is 18.3 Å². The molecule has 1 aromatic rings. The van der Waals surface area contributed by atoms with E-state index in [1.807, 2.05) is 6.92 Å². The van der Waals surface area contributed by atoms with Gasteiger partial charge in [0.15, 0.2) is 0 Å². The lowest BCUT2D eigenvalue weighted by Gasteiger charge is -2.35. The maximum absolute atomic E-state index is 9.05. The molecule has 5 nitrogen and oxygen atoms in total. The van der Waals surface area contributed by atoms with Crippen molar-refractivity contribution in [3.05, 3.63) is 23.9 Å². The fraction of sp³-hybridized carbons (Fsp3) is 0.500. The van der Waals surface area contributed by atoms with Crippen LogP contribution in [-0.4, -0.2) is 36.8 Å². The first-order valence-corrected chi connectivity index (χ1v) is 5.69. The van der Waals surface area contributed by atoms with E-state index in [0.29, 0.717) is 18.7 Å². The van der Waals surface area contributed by atoms with Gasteiger partial charge in [-0.05, 0) is 19.1 Å². The van der Waals surface area contributed by atoms with Crippen LogP contribution in [0, 0.1) is 11.3 Å². The van der Waals surface area contributed by atoms with E-state index >= 15 is 0 Å². The van der Waals surface area contributed by atoms with Gasteiger partial charge in [-0.25, -0.2) is 4.98 Å². The van der Waals surface area contributed by atoms with E-state index in [1.165, 1.54) is 0 Å². The molecule has 0 saturated carbocycles. The third-order valence-corrected chi connectivity index (χ3v) is 2.89. The predicted molar refractivity (Wildman–Crippen MR) is 64.6 cm³/mol. The number of anilines is 1. The molecule has 0 radical (unpaired) electrons. The topological polar surface area (TPSA) is 75.2 Å². The molecular weight excluding hydrogens is 216 g/mol. The van der Waals surface area contributed by atoms with Gasteiger partial charge in [0.1, 0.15) is 11.9 Å². The quantitative estimate of drug-likeness (QED) is 0.804. The molecule has 2 heterocycles. The SMILES string of the molecule is CC(N)C1CN(c2ncccc2C#N)CCO1. The maximum Gasteiger partial charge on any atom is 0.146 e. The molecule has 2 N–H and O–H groups in total. The van der Waals surface area contributed by atoms with E-state index < -0.39 is 0 Å². The molecule has 2 rings (SSSR count). The largest absolute Gasteiger partial charge is 0.373 e. The summed E-state index contributed by atoms with van der Waals surface area (Å²) in [4.78, 5) is 6.34. The second-order valence-corrected chi connectivity index (χ2v) is 4.20. The normalized spacial score (nSPS) is 21.9. The molecule has 0 aromatic carbocycles. The Morgan fingerprint density at radius 1 is 1.71 bits per heavy atom. The van der Waals surface area contributed by atoms with Crippen molar-refractivity contribution in [2.24, 2.45) is 5.73 Å². The Morgan fingerprint density at radius 2 is 2.53 bits per heavy atom. The number of rotatable bonds is 2. The minimum atomic E-state index is -0.0213. The highest BCUT2D eigenvalue weighted by Crippen LogP contribution is 2.19. The molecule has 1 fully saturated rings. The number of nitrogens with zero attached hydrogens (tertiary/aromatic N) is 3. The summed E-state index contributed by atoms with van der Waals surface area (Å²) in [5.41, 5.74) is 6.44. The first-order valence-electron chi connectivity index (χ1n) is 5.69. The van der Waals surface area contributed by atoms with Gasteiger partial charge in [0, 0.05) is 25.3 Å². The lowest BCUT2D eigenvalue weighted by molar-refractivity contribution is 0.0273. The Kier molecular flexibility index (Phi) is 3.57. The number of ether oxygens (including phenoxy) is 1. The summed E-state index contributed by atoms with van der Waals surface area (Å²) in [5, 5.41) is 9.05. The summed E-state index contributed by atoms with van der Waals surface area (Å²) in [6, 6.07) is 5.69. The van der Waals surface area contributed by atoms with Crippen LogP contribution in [-0.2, 0) is 4.74 Å². The molecular formula is C12H16N4O. The van der Waals surface area contributed by atoms with Crippen molar-refractivity contribution in [1.82, 2.24) is 4.98 Å². The van der Waals surface area contributed by atoms with Crippen LogP contribution in [0.4, 0.5) is 5.82 Å². The highest BCUT2D eigenvalue weighted by atomic mass is 16.5. The average molecular weight is 232 g/mol. The van der Waals surface area contributed by atoms with Gasteiger partial charge < -0.3 is 15.4 Å². The van der Waals surface area contributed by atoms with Gasteiger partial charge in [-0.2, -0.15) is 5.26 Å². The standard InChI is InChI=1S/C12H16N4O/c1-9(14)11-8-16(5-6-17-11)12-10(7-13)3-2-4-15-12/h2-4,9,11H,5-6,8,14H2,1H3. The molecule has 1 saturated heterocycles. The van der Waals surface area contributed by atoms with E-state index in [-0.39, 0.29) is 12.1 Å². The van der Waals surface area contributed by atoms with Crippen molar-refractivity contribution in [1.29, 1.82) is 5.26 Å². The van der Waals surface area contributed by atoms with Gasteiger partial charge in [0.05, 0.1) is 18.3 Å². The van der Waals surface area contributed by atoms with Crippen molar-refractivity contribution < 1.29 is 4.74 Å². The summed E-state index contributed by atoms with van der Waals surface area (Å²) < 4.78 is 5.59. The van der Waals surface area contributed by atoms with Crippen LogP contribution in [0.2, 0.25) is 0 Å². The zero-order chi connectivity index (χ0) is 12.3. The number of hydrogen-bond acceptors (Lipinski definition) is 5. The van der Waals surface area contributed by atoms with Crippen molar-refractivity contribution in [3.8, 4) is 6.07 Å². The van der Waals surface area contributed by atoms with Gasteiger partial charge in [-0.1, -0.05) is 0 Å². The monoisotopic (exact) mass is 232 g/mol. The molecule has 0 amide bonds. The number of nitriles is 1. The number of nitrogens with two attached hydrogens (primary N) is 1. The van der Waals surface area contributed by atoms with E-state index in [2.05, 4.69) is 16.0 Å². The molecule has 1 aliphatic heterocycles. The molecule has 0 spiro atoms. The molecule has 5 heteroatoms. The molecule has 1 aliphatic rings. The van der Waals surface area contributed by atoms with E-state index in [4.69, 9.17) is 15.7 Å². The third kappa shape index (κ3) is 2.54. The zero-order valence-corrected chi connectivity index (χ0v) is 9.84. The Bertz CT molecular complexity index is 427. The lowest BCUT2D eigenvalue weighted by Crippen LogP contribution is -2.50. The number of pyridine rings is 1. The molecule has 90 valence electrons. The van der Waals surface area contributed by atoms with Crippen molar-refractivity contribution in [2.45, 2.75) is 19.1 Å². The Labute approximate surface area is 101 Å². The summed E-state index contributed by atoms with van der Waals surface area (Å²) in [6.45, 7) is 3.98. The maximum atomic E-state index is 9.05. The van der Waals surface area contributed by atoms with Gasteiger partial charge in [-0.3, -0.25) is 0 Å². The minimum absolute atomic E-state index is 0.00250. The number of aromatic nitrogens is 1. The first-order chi connectivity index (χ1) is 8.22. The van der Waals surface area contributed by atoms with Gasteiger partial charge in [0.25, 0.3) is 0 Å². The molecule has 1 aromatic heterocycles. The summed E-state index contributed by atoms with van der Waals surface area (Å²) >= 11 is 0. The summed E-state index contributed by atoms with van der Waals surface area (Å²) in [5.74, 6) is 0.726. The lowest BCUT2D eigenvalue weighted by atomic mass is 10.1. The Hall–Kier alpha value is -1.64. The highest BCUT2D eigenvalue weighted by Gasteiger charge is 2.25. The van der Waals surface area contributed by atoms with Crippen LogP contribution >= 0.6 is 0 Å². The zero-order valence-electron chi connectivity index (χ0n) is 9.84. The molecule has 2 unspecified atom stereocenters. The second-order valence-electron chi connectivity index (χ2n) is 4.20. The molecule has 0 aliphatic carbocycles. The smallest absolute Gasteiger partial charge is 0.146 e. The minimum Gasteiger partial charge on any atom is -0.373 e. The van der Waals surface area contributed by atoms with Crippen molar-refractivity contribution >= 4 is 5.82 Å². The van der Waals surface area contributed by atoms with Crippen LogP contribution in [0.15, 0.2) is 18.3 Å². The fourth-order valence-corrected chi connectivity index (χ4v) is 1.92. The first kappa shape index (κ1) is 11.8. The molecule has 17 heavy (non-hydrogen) atoms. The summed E-state index contributed by atoms with van der Waals surface area (Å²) in [6.07, 6.45) is 1.70. The van der Waals surface area contributed by atoms with Crippen molar-refractivity contribution in [2.75, 3.05) is 24.6 Å². The molecule has 0 bridgehead atoms.